The number of urea groups is 1. The standard InChI is InChI=1S/C20H18N4O5/c1-4-24-19(25)13-7-5-12(9-14(13)21-20(24)26)18-22-17(23-29-18)11-6-8-15(27-2)16(10-11)28-3/h5-10,13H,4H2,1-3H3. The third-order valence-electron chi connectivity index (χ3n) is 4.71. The highest BCUT2D eigenvalue weighted by Gasteiger charge is 2.36. The quantitative estimate of drug-likeness (QED) is 0.767. The van der Waals surface area contributed by atoms with Gasteiger partial charge in [-0.1, -0.05) is 17.3 Å². The maximum atomic E-state index is 12.4. The van der Waals surface area contributed by atoms with Gasteiger partial charge in [0.2, 0.25) is 11.7 Å². The normalized spacial score (nSPS) is 18.3. The Morgan fingerprint density at radius 2 is 1.97 bits per heavy atom. The Hall–Kier alpha value is -3.75. The van der Waals surface area contributed by atoms with Crippen molar-refractivity contribution in [3.63, 3.8) is 0 Å². The fourth-order valence-electron chi connectivity index (χ4n) is 3.20. The Bertz CT molecular complexity index is 1080. The van der Waals surface area contributed by atoms with Crippen LogP contribution in [0.1, 0.15) is 12.8 Å². The number of carbonyl (C=O) groups excluding carboxylic acids is 2. The number of ether oxygens (including phenoxy) is 2. The number of fused-ring (bicyclic) bond motifs is 1. The lowest BCUT2D eigenvalue weighted by Gasteiger charge is -2.27. The minimum Gasteiger partial charge on any atom is -0.493 e. The van der Waals surface area contributed by atoms with Gasteiger partial charge in [0.05, 0.1) is 25.8 Å². The minimum atomic E-state index is -0.579. The van der Waals surface area contributed by atoms with Crippen molar-refractivity contribution in [3.8, 4) is 22.9 Å². The van der Waals surface area contributed by atoms with Crippen LogP contribution in [0.25, 0.3) is 17.0 Å². The molecule has 2 aromatic rings. The Morgan fingerprint density at radius 1 is 1.17 bits per heavy atom. The van der Waals surface area contributed by atoms with Crippen LogP contribution in [0.3, 0.4) is 0 Å². The molecule has 9 nitrogen and oxygen atoms in total. The van der Waals surface area contributed by atoms with Crippen LogP contribution in [-0.4, -0.2) is 53.5 Å². The third-order valence-corrected chi connectivity index (χ3v) is 4.71. The van der Waals surface area contributed by atoms with Crippen molar-refractivity contribution in [3.05, 3.63) is 42.3 Å². The van der Waals surface area contributed by atoms with E-state index < -0.39 is 11.9 Å². The Kier molecular flexibility index (Phi) is 4.71. The fraction of sp³-hybridized carbons (Fsp3) is 0.250. The number of amides is 3. The van der Waals surface area contributed by atoms with E-state index in [9.17, 15) is 9.59 Å². The van der Waals surface area contributed by atoms with Crippen LogP contribution in [0.4, 0.5) is 4.79 Å². The summed E-state index contributed by atoms with van der Waals surface area (Å²) in [6.45, 7) is 2.02. The van der Waals surface area contributed by atoms with Crippen LogP contribution in [0.2, 0.25) is 0 Å². The molecule has 0 spiro atoms. The first-order chi connectivity index (χ1) is 14.0. The Labute approximate surface area is 166 Å². The lowest BCUT2D eigenvalue weighted by molar-refractivity contribution is -0.129. The van der Waals surface area contributed by atoms with Gasteiger partial charge >= 0.3 is 6.03 Å². The summed E-state index contributed by atoms with van der Waals surface area (Å²) in [5.74, 6) is 0.896. The van der Waals surface area contributed by atoms with Gasteiger partial charge in [-0.2, -0.15) is 9.98 Å². The van der Waals surface area contributed by atoms with Crippen molar-refractivity contribution in [1.29, 1.82) is 0 Å². The number of methoxy groups -OCH3 is 2. The van der Waals surface area contributed by atoms with Gasteiger partial charge in [0, 0.05) is 17.7 Å². The largest absolute Gasteiger partial charge is 0.493 e. The summed E-state index contributed by atoms with van der Waals surface area (Å²) in [5.41, 5.74) is 1.63. The van der Waals surface area contributed by atoms with Crippen LogP contribution in [0.5, 0.6) is 11.5 Å². The summed E-state index contributed by atoms with van der Waals surface area (Å²) >= 11 is 0. The third kappa shape index (κ3) is 3.20. The molecule has 0 radical (unpaired) electrons. The summed E-state index contributed by atoms with van der Waals surface area (Å²) < 4.78 is 15.9. The SMILES string of the molecule is CCN1C(=O)N=C2C=C(c3nc(-c4ccc(OC)c(OC)c4)no3)C=CC2C1=O. The Balaban J connectivity index is 1.64. The van der Waals surface area contributed by atoms with E-state index in [-0.39, 0.29) is 18.3 Å². The minimum absolute atomic E-state index is 0.255. The van der Waals surface area contributed by atoms with E-state index in [2.05, 4.69) is 15.1 Å². The van der Waals surface area contributed by atoms with E-state index in [1.165, 1.54) is 0 Å². The molecule has 0 saturated heterocycles. The second-order valence-corrected chi connectivity index (χ2v) is 6.33. The maximum absolute atomic E-state index is 12.4. The summed E-state index contributed by atoms with van der Waals surface area (Å²) in [4.78, 5) is 34.0. The van der Waals surface area contributed by atoms with E-state index in [4.69, 9.17) is 14.0 Å². The molecule has 1 aromatic heterocycles. The van der Waals surface area contributed by atoms with E-state index in [0.29, 0.717) is 34.2 Å². The zero-order valence-corrected chi connectivity index (χ0v) is 16.1. The maximum Gasteiger partial charge on any atom is 0.350 e. The van der Waals surface area contributed by atoms with Crippen molar-refractivity contribution < 1.29 is 23.6 Å². The monoisotopic (exact) mass is 394 g/mol. The molecule has 4 rings (SSSR count). The first-order valence-corrected chi connectivity index (χ1v) is 8.96. The Morgan fingerprint density at radius 3 is 2.69 bits per heavy atom. The zero-order chi connectivity index (χ0) is 20.5. The number of imide groups is 1. The highest BCUT2D eigenvalue weighted by atomic mass is 16.5. The number of aliphatic imine (C=N–C) groups is 1. The summed E-state index contributed by atoms with van der Waals surface area (Å²) in [7, 11) is 3.10. The molecule has 2 aliphatic rings. The molecule has 9 heteroatoms. The number of nitrogens with zero attached hydrogens (tertiary/aromatic N) is 4. The lowest BCUT2D eigenvalue weighted by Crippen LogP contribution is -2.45. The number of hydrogen-bond donors (Lipinski definition) is 0. The number of benzene rings is 1. The van der Waals surface area contributed by atoms with Crippen LogP contribution in [-0.2, 0) is 4.79 Å². The van der Waals surface area contributed by atoms with E-state index >= 15 is 0 Å². The number of allylic oxidation sites excluding steroid dienone is 3. The van der Waals surface area contributed by atoms with Crippen LogP contribution >= 0.6 is 0 Å². The summed E-state index contributed by atoms with van der Waals surface area (Å²) in [6, 6.07) is 4.73. The molecule has 0 N–H and O–H groups in total. The predicted octanol–water partition coefficient (Wildman–Crippen LogP) is 2.75. The summed E-state index contributed by atoms with van der Waals surface area (Å²) in [5, 5.41) is 4.01. The molecule has 2 heterocycles. The van der Waals surface area contributed by atoms with Gasteiger partial charge in [-0.25, -0.2) is 4.79 Å². The van der Waals surface area contributed by atoms with E-state index in [1.807, 2.05) is 0 Å². The van der Waals surface area contributed by atoms with Gasteiger partial charge in [0.15, 0.2) is 11.5 Å². The molecule has 29 heavy (non-hydrogen) atoms. The van der Waals surface area contributed by atoms with Crippen LogP contribution < -0.4 is 9.47 Å². The first kappa shape index (κ1) is 18.6. The van der Waals surface area contributed by atoms with Crippen LogP contribution in [0.15, 0.2) is 45.9 Å². The highest BCUT2D eigenvalue weighted by molar-refractivity contribution is 6.24. The molecule has 1 atom stereocenters. The number of rotatable bonds is 5. The second-order valence-electron chi connectivity index (χ2n) is 6.33. The van der Waals surface area contributed by atoms with Gasteiger partial charge in [0.25, 0.3) is 5.89 Å². The molecule has 0 bridgehead atoms. The van der Waals surface area contributed by atoms with Crippen molar-refractivity contribution in [2.75, 3.05) is 20.8 Å². The van der Waals surface area contributed by atoms with E-state index in [1.54, 1.807) is 57.6 Å². The van der Waals surface area contributed by atoms with Crippen molar-refractivity contribution in [2.24, 2.45) is 10.9 Å². The number of hydrogen-bond acceptors (Lipinski definition) is 7. The molecule has 148 valence electrons. The molecular formula is C20H18N4O5. The molecule has 1 aromatic carbocycles. The average Bonchev–Trinajstić information content (AvgIpc) is 3.23. The van der Waals surface area contributed by atoms with E-state index in [0.717, 1.165) is 4.90 Å². The molecule has 0 saturated carbocycles. The number of aromatic nitrogens is 2. The fourth-order valence-corrected chi connectivity index (χ4v) is 3.20. The lowest BCUT2D eigenvalue weighted by atomic mass is 9.92. The van der Waals surface area contributed by atoms with Gasteiger partial charge < -0.3 is 14.0 Å². The van der Waals surface area contributed by atoms with Gasteiger partial charge in [-0.05, 0) is 31.2 Å². The van der Waals surface area contributed by atoms with Crippen molar-refractivity contribution >= 4 is 23.2 Å². The first-order valence-electron chi connectivity index (χ1n) is 8.96. The number of carbonyl (C=O) groups is 2. The molecule has 1 unspecified atom stereocenters. The molecule has 1 aliphatic heterocycles. The van der Waals surface area contributed by atoms with Crippen molar-refractivity contribution in [2.45, 2.75) is 6.92 Å². The average molecular weight is 394 g/mol. The molecule has 0 fully saturated rings. The molecular weight excluding hydrogens is 376 g/mol. The smallest absolute Gasteiger partial charge is 0.350 e. The zero-order valence-electron chi connectivity index (χ0n) is 16.1. The van der Waals surface area contributed by atoms with Gasteiger partial charge in [-0.15, -0.1) is 0 Å². The van der Waals surface area contributed by atoms with Crippen molar-refractivity contribution in [1.82, 2.24) is 15.0 Å². The molecule has 3 amide bonds. The second kappa shape index (κ2) is 7.34. The van der Waals surface area contributed by atoms with Crippen LogP contribution in [0, 0.1) is 5.92 Å². The topological polar surface area (TPSA) is 107 Å². The van der Waals surface area contributed by atoms with Gasteiger partial charge in [-0.3, -0.25) is 9.69 Å². The van der Waals surface area contributed by atoms with Gasteiger partial charge in [0.1, 0.15) is 0 Å². The summed E-state index contributed by atoms with van der Waals surface area (Å²) in [6.07, 6.45) is 5.03. The molecule has 1 aliphatic carbocycles. The highest BCUT2D eigenvalue weighted by Crippen LogP contribution is 2.32. The predicted molar refractivity (Wildman–Crippen MR) is 104 cm³/mol.